The van der Waals surface area contributed by atoms with Crippen molar-refractivity contribution >= 4 is 17.4 Å². The summed E-state index contributed by atoms with van der Waals surface area (Å²) in [6.07, 6.45) is 7.10. The van der Waals surface area contributed by atoms with Crippen molar-refractivity contribution in [1.29, 1.82) is 0 Å². The third kappa shape index (κ3) is 6.66. The first-order valence-electron chi connectivity index (χ1n) is 11.2. The molecule has 1 aromatic carbocycles. The SMILES string of the molecule is COCCOCC(=O)N(CCC1=CCCCC1)c1c(N)n(Cc2ccccc2)c(=O)[nH]c1=O. The smallest absolute Gasteiger partial charge is 0.330 e. The highest BCUT2D eigenvalue weighted by molar-refractivity contribution is 5.96. The average Bonchev–Trinajstić information content (AvgIpc) is 2.82. The number of H-pyrrole nitrogens is 1. The number of allylic oxidation sites excluding steroid dienone is 1. The van der Waals surface area contributed by atoms with Gasteiger partial charge < -0.3 is 20.1 Å². The van der Waals surface area contributed by atoms with Crippen molar-refractivity contribution in [2.24, 2.45) is 0 Å². The quantitative estimate of drug-likeness (QED) is 0.395. The van der Waals surface area contributed by atoms with Gasteiger partial charge in [-0.3, -0.25) is 19.1 Å². The van der Waals surface area contributed by atoms with Crippen molar-refractivity contribution in [2.75, 3.05) is 44.1 Å². The molecule has 0 unspecified atom stereocenters. The van der Waals surface area contributed by atoms with Crippen LogP contribution >= 0.6 is 0 Å². The molecule has 0 bridgehead atoms. The van der Waals surface area contributed by atoms with E-state index >= 15 is 0 Å². The van der Waals surface area contributed by atoms with E-state index in [2.05, 4.69) is 11.1 Å². The molecule has 1 aliphatic rings. The highest BCUT2D eigenvalue weighted by Gasteiger charge is 2.25. The Morgan fingerprint density at radius 3 is 2.67 bits per heavy atom. The fourth-order valence-electron chi connectivity index (χ4n) is 3.89. The summed E-state index contributed by atoms with van der Waals surface area (Å²) < 4.78 is 11.6. The van der Waals surface area contributed by atoms with Crippen LogP contribution < -0.4 is 21.9 Å². The first-order chi connectivity index (χ1) is 16.0. The maximum atomic E-state index is 13.1. The number of ether oxygens (including phenoxy) is 2. The van der Waals surface area contributed by atoms with Crippen LogP contribution in [0.5, 0.6) is 0 Å². The van der Waals surface area contributed by atoms with Gasteiger partial charge in [-0.25, -0.2) is 4.79 Å². The minimum absolute atomic E-state index is 0.0257. The molecule has 0 aliphatic heterocycles. The number of rotatable bonds is 11. The van der Waals surface area contributed by atoms with E-state index in [0.717, 1.165) is 31.2 Å². The fraction of sp³-hybridized carbons (Fsp3) is 0.458. The number of carbonyl (C=O) groups excluding carboxylic acids is 1. The molecule has 3 rings (SSSR count). The molecule has 33 heavy (non-hydrogen) atoms. The van der Waals surface area contributed by atoms with Gasteiger partial charge in [0.1, 0.15) is 12.4 Å². The molecule has 1 aromatic heterocycles. The number of hydrogen-bond acceptors (Lipinski definition) is 6. The maximum Gasteiger partial charge on any atom is 0.330 e. The Kier molecular flexibility index (Phi) is 9.03. The Labute approximate surface area is 192 Å². The first-order valence-corrected chi connectivity index (χ1v) is 11.2. The predicted octanol–water partition coefficient (Wildman–Crippen LogP) is 2.05. The molecule has 9 nitrogen and oxygen atoms in total. The summed E-state index contributed by atoms with van der Waals surface area (Å²) in [6.45, 7) is 0.826. The predicted molar refractivity (Wildman–Crippen MR) is 127 cm³/mol. The van der Waals surface area contributed by atoms with E-state index in [9.17, 15) is 14.4 Å². The Balaban J connectivity index is 1.92. The van der Waals surface area contributed by atoms with Gasteiger partial charge in [0.25, 0.3) is 11.5 Å². The first kappa shape index (κ1) is 24.5. The van der Waals surface area contributed by atoms with Crippen LogP contribution in [-0.4, -0.2) is 48.9 Å². The zero-order chi connectivity index (χ0) is 23.6. The van der Waals surface area contributed by atoms with E-state index in [1.165, 1.54) is 15.0 Å². The molecule has 178 valence electrons. The third-order valence-electron chi connectivity index (χ3n) is 5.67. The fourth-order valence-corrected chi connectivity index (χ4v) is 3.89. The van der Waals surface area contributed by atoms with Crippen LogP contribution in [0.25, 0.3) is 0 Å². The molecule has 3 N–H and O–H groups in total. The molecule has 0 atom stereocenters. The highest BCUT2D eigenvalue weighted by Crippen LogP contribution is 2.23. The number of nitrogen functional groups attached to an aromatic ring is 1. The highest BCUT2D eigenvalue weighted by atomic mass is 16.5. The number of anilines is 2. The summed E-state index contributed by atoms with van der Waals surface area (Å²) in [5.41, 5.74) is 7.09. The van der Waals surface area contributed by atoms with Crippen LogP contribution in [0.2, 0.25) is 0 Å². The number of nitrogens with zero attached hydrogens (tertiary/aromatic N) is 2. The molecule has 1 amide bonds. The maximum absolute atomic E-state index is 13.1. The summed E-state index contributed by atoms with van der Waals surface area (Å²) in [5.74, 6) is -0.444. The summed E-state index contributed by atoms with van der Waals surface area (Å²) >= 11 is 0. The summed E-state index contributed by atoms with van der Waals surface area (Å²) in [5, 5.41) is 0. The number of nitrogens with one attached hydrogen (secondary N) is 1. The van der Waals surface area contributed by atoms with Gasteiger partial charge in [0.2, 0.25) is 0 Å². The molecule has 9 heteroatoms. The van der Waals surface area contributed by atoms with Crippen molar-refractivity contribution in [2.45, 2.75) is 38.6 Å². The zero-order valence-electron chi connectivity index (χ0n) is 19.0. The van der Waals surface area contributed by atoms with Crippen LogP contribution in [0.15, 0.2) is 51.6 Å². The molecule has 1 aliphatic carbocycles. The van der Waals surface area contributed by atoms with Crippen LogP contribution in [0.4, 0.5) is 11.5 Å². The van der Waals surface area contributed by atoms with Crippen molar-refractivity contribution in [3.05, 3.63) is 68.4 Å². The number of amides is 1. The Hall–Kier alpha value is -3.17. The van der Waals surface area contributed by atoms with Crippen molar-refractivity contribution < 1.29 is 14.3 Å². The van der Waals surface area contributed by atoms with Crippen LogP contribution in [-0.2, 0) is 20.8 Å². The van der Waals surface area contributed by atoms with E-state index < -0.39 is 17.2 Å². The number of benzene rings is 1. The van der Waals surface area contributed by atoms with Gasteiger partial charge in [0, 0.05) is 13.7 Å². The van der Waals surface area contributed by atoms with Crippen molar-refractivity contribution in [1.82, 2.24) is 9.55 Å². The topological polar surface area (TPSA) is 120 Å². The van der Waals surface area contributed by atoms with Gasteiger partial charge in [0.15, 0.2) is 5.69 Å². The largest absolute Gasteiger partial charge is 0.383 e. The Bertz CT molecular complexity index is 1070. The van der Waals surface area contributed by atoms with E-state index in [-0.39, 0.29) is 37.8 Å². The molecular weight excluding hydrogens is 424 g/mol. The lowest BCUT2D eigenvalue weighted by atomic mass is 9.97. The lowest BCUT2D eigenvalue weighted by Crippen LogP contribution is -2.43. The van der Waals surface area contributed by atoms with Crippen molar-refractivity contribution in [3.8, 4) is 0 Å². The van der Waals surface area contributed by atoms with Crippen LogP contribution in [0, 0.1) is 0 Å². The lowest BCUT2D eigenvalue weighted by molar-refractivity contribution is -0.123. The van der Waals surface area contributed by atoms with E-state index in [0.29, 0.717) is 13.0 Å². The number of nitrogens with two attached hydrogens (primary N) is 1. The zero-order valence-corrected chi connectivity index (χ0v) is 19.0. The third-order valence-corrected chi connectivity index (χ3v) is 5.67. The monoisotopic (exact) mass is 456 g/mol. The van der Waals surface area contributed by atoms with Gasteiger partial charge >= 0.3 is 5.69 Å². The summed E-state index contributed by atoms with van der Waals surface area (Å²) in [7, 11) is 1.55. The molecule has 0 saturated heterocycles. The number of hydrogen-bond donors (Lipinski definition) is 2. The minimum Gasteiger partial charge on any atom is -0.383 e. The standard InChI is InChI=1S/C24H32N4O5/c1-32-14-15-33-17-20(29)27(13-12-18-8-4-2-5-9-18)21-22(25)28(24(31)26-23(21)30)16-19-10-6-3-7-11-19/h3,6-8,10-11H,2,4-5,9,12-17,25H2,1H3,(H,26,30,31). The van der Waals surface area contributed by atoms with Crippen molar-refractivity contribution in [3.63, 3.8) is 0 Å². The van der Waals surface area contributed by atoms with Gasteiger partial charge in [-0.15, -0.1) is 0 Å². The second kappa shape index (κ2) is 12.2. The number of aromatic amines is 1. The van der Waals surface area contributed by atoms with Crippen LogP contribution in [0.1, 0.15) is 37.7 Å². The average molecular weight is 457 g/mol. The van der Waals surface area contributed by atoms with E-state index in [1.807, 2.05) is 30.3 Å². The molecule has 1 heterocycles. The Morgan fingerprint density at radius 1 is 1.18 bits per heavy atom. The summed E-state index contributed by atoms with van der Waals surface area (Å²) in [4.78, 5) is 42.1. The van der Waals surface area contributed by atoms with Gasteiger partial charge in [0.05, 0.1) is 19.8 Å². The van der Waals surface area contributed by atoms with Crippen LogP contribution in [0.3, 0.4) is 0 Å². The number of carbonyl (C=O) groups is 1. The lowest BCUT2D eigenvalue weighted by Gasteiger charge is -2.25. The molecule has 0 radical (unpaired) electrons. The van der Waals surface area contributed by atoms with E-state index in [1.54, 1.807) is 7.11 Å². The molecule has 2 aromatic rings. The number of methoxy groups -OCH3 is 1. The molecule has 0 fully saturated rings. The van der Waals surface area contributed by atoms with E-state index in [4.69, 9.17) is 15.2 Å². The van der Waals surface area contributed by atoms with Gasteiger partial charge in [-0.2, -0.15) is 0 Å². The Morgan fingerprint density at radius 2 is 1.97 bits per heavy atom. The number of aromatic nitrogens is 2. The second-order valence-electron chi connectivity index (χ2n) is 8.01. The second-order valence-corrected chi connectivity index (χ2v) is 8.01. The normalized spacial score (nSPS) is 13.5. The molecular formula is C24H32N4O5. The van der Waals surface area contributed by atoms with Gasteiger partial charge in [-0.05, 0) is 37.7 Å². The molecule has 0 spiro atoms. The molecule has 0 saturated carbocycles. The minimum atomic E-state index is -0.690. The van der Waals surface area contributed by atoms with Gasteiger partial charge in [-0.1, -0.05) is 42.0 Å². The summed E-state index contributed by atoms with van der Waals surface area (Å²) in [6, 6.07) is 9.30.